The molecule has 3 rings (SSSR count). The van der Waals surface area contributed by atoms with E-state index in [1.165, 1.54) is 5.56 Å². The van der Waals surface area contributed by atoms with Gasteiger partial charge < -0.3 is 16.5 Å². The summed E-state index contributed by atoms with van der Waals surface area (Å²) in [6.45, 7) is 6.80. The zero-order valence-corrected chi connectivity index (χ0v) is 17.7. The average Bonchev–Trinajstić information content (AvgIpc) is 2.79. The van der Waals surface area contributed by atoms with Crippen molar-refractivity contribution in [3.05, 3.63) is 107 Å². The molecule has 0 aliphatic carbocycles. The second kappa shape index (κ2) is 12.1. The third-order valence-corrected chi connectivity index (χ3v) is 4.57. The van der Waals surface area contributed by atoms with Crippen molar-refractivity contribution in [2.75, 3.05) is 12.8 Å². The molecule has 0 bridgehead atoms. The Morgan fingerprint density at radius 2 is 1.90 bits per heavy atom. The van der Waals surface area contributed by atoms with Crippen LogP contribution >= 0.6 is 0 Å². The summed E-state index contributed by atoms with van der Waals surface area (Å²) in [5.74, 6) is 0. The summed E-state index contributed by atoms with van der Waals surface area (Å²) in [5, 5.41) is 11.4. The predicted octanol–water partition coefficient (Wildman–Crippen LogP) is 5.36. The number of pyridine rings is 1. The normalized spacial score (nSPS) is 10.3. The number of nitrogens with one attached hydrogen (secondary N) is 2. The molecule has 0 aliphatic rings. The van der Waals surface area contributed by atoms with Gasteiger partial charge in [0.25, 0.3) is 0 Å². The van der Waals surface area contributed by atoms with E-state index in [-0.39, 0.29) is 0 Å². The van der Waals surface area contributed by atoms with Crippen LogP contribution in [0.25, 0.3) is 12.2 Å². The highest BCUT2D eigenvalue weighted by Gasteiger charge is 2.11. The molecule has 0 saturated heterocycles. The Hall–Kier alpha value is -3.50. The van der Waals surface area contributed by atoms with Crippen molar-refractivity contribution in [1.82, 2.24) is 10.3 Å². The molecule has 3 aromatic rings. The molecule has 1 heterocycles. The molecule has 0 radical (unpaired) electrons. The highest BCUT2D eigenvalue weighted by molar-refractivity contribution is 6.13. The summed E-state index contributed by atoms with van der Waals surface area (Å²) in [7, 11) is 1.92. The van der Waals surface area contributed by atoms with Gasteiger partial charge >= 0.3 is 0 Å². The van der Waals surface area contributed by atoms with E-state index in [1.807, 2.05) is 80.0 Å². The van der Waals surface area contributed by atoms with E-state index >= 15 is 0 Å². The van der Waals surface area contributed by atoms with Crippen LogP contribution in [0.2, 0.25) is 0 Å². The van der Waals surface area contributed by atoms with Crippen molar-refractivity contribution in [1.29, 1.82) is 5.41 Å². The molecule has 4 nitrogen and oxygen atoms in total. The van der Waals surface area contributed by atoms with Gasteiger partial charge in [0.1, 0.15) is 0 Å². The summed E-state index contributed by atoms with van der Waals surface area (Å²) in [5.41, 5.74) is 12.4. The van der Waals surface area contributed by atoms with Gasteiger partial charge in [-0.3, -0.25) is 4.98 Å². The van der Waals surface area contributed by atoms with Gasteiger partial charge in [-0.2, -0.15) is 0 Å². The molecule has 0 fully saturated rings. The third-order valence-electron chi connectivity index (χ3n) is 4.57. The quantitative estimate of drug-likeness (QED) is 0.371. The number of anilines is 1. The van der Waals surface area contributed by atoms with E-state index in [9.17, 15) is 0 Å². The maximum Gasteiger partial charge on any atom is 0.0636 e. The van der Waals surface area contributed by atoms with Gasteiger partial charge in [0.05, 0.1) is 5.71 Å². The van der Waals surface area contributed by atoms with Crippen LogP contribution in [0.3, 0.4) is 0 Å². The first-order valence-electron chi connectivity index (χ1n) is 10.00. The van der Waals surface area contributed by atoms with Crippen LogP contribution in [0.15, 0.2) is 79.6 Å². The van der Waals surface area contributed by atoms with Gasteiger partial charge in [-0.1, -0.05) is 68.1 Å². The Labute approximate surface area is 179 Å². The van der Waals surface area contributed by atoms with Gasteiger partial charge in [-0.25, -0.2) is 0 Å². The first-order chi connectivity index (χ1) is 14.6. The van der Waals surface area contributed by atoms with Crippen LogP contribution in [-0.2, 0) is 13.0 Å². The van der Waals surface area contributed by atoms with Gasteiger partial charge in [0.2, 0.25) is 0 Å². The largest absolute Gasteiger partial charge is 0.398 e. The van der Waals surface area contributed by atoms with Gasteiger partial charge in [0.15, 0.2) is 0 Å². The Balaban J connectivity index is 0.000000297. The van der Waals surface area contributed by atoms with Crippen LogP contribution < -0.4 is 11.1 Å². The minimum Gasteiger partial charge on any atom is -0.398 e. The lowest BCUT2D eigenvalue weighted by Crippen LogP contribution is -2.07. The molecule has 0 saturated carbocycles. The van der Waals surface area contributed by atoms with Gasteiger partial charge in [0, 0.05) is 30.2 Å². The maximum absolute atomic E-state index is 8.33. The van der Waals surface area contributed by atoms with Crippen LogP contribution in [0.1, 0.15) is 34.7 Å². The van der Waals surface area contributed by atoms with E-state index in [0.717, 1.165) is 35.2 Å². The molecule has 1 aromatic heterocycles. The highest BCUT2D eigenvalue weighted by atomic mass is 14.8. The summed E-state index contributed by atoms with van der Waals surface area (Å²) in [4.78, 5) is 3.96. The Kier molecular flexibility index (Phi) is 9.22. The molecule has 0 atom stereocenters. The number of rotatable bonds is 7. The molecule has 0 spiro atoms. The van der Waals surface area contributed by atoms with Crippen molar-refractivity contribution < 1.29 is 0 Å². The van der Waals surface area contributed by atoms with Crippen LogP contribution in [0.4, 0.5) is 5.69 Å². The smallest absolute Gasteiger partial charge is 0.0636 e. The molecule has 4 heteroatoms. The Morgan fingerprint density at radius 3 is 2.50 bits per heavy atom. The number of allylic oxidation sites excluding steroid dienone is 1. The molecule has 0 unspecified atom stereocenters. The zero-order chi connectivity index (χ0) is 21.8. The number of hydrogen-bond donors (Lipinski definition) is 3. The molecule has 2 aromatic carbocycles. The SMILES string of the molecule is C=Cc1ccc(N)c(C(=N)/C=C/c2ccccc2)c1CC.CNCc1cccnc1. The summed E-state index contributed by atoms with van der Waals surface area (Å²) < 4.78 is 0. The van der Waals surface area contributed by atoms with Gasteiger partial charge in [-0.15, -0.1) is 0 Å². The fourth-order valence-electron chi connectivity index (χ4n) is 3.11. The van der Waals surface area contributed by atoms with E-state index < -0.39 is 0 Å². The lowest BCUT2D eigenvalue weighted by molar-refractivity contribution is 0.813. The number of benzene rings is 2. The molecule has 0 amide bonds. The van der Waals surface area contributed by atoms with E-state index in [2.05, 4.69) is 23.8 Å². The van der Waals surface area contributed by atoms with Crippen molar-refractivity contribution in [2.24, 2.45) is 0 Å². The zero-order valence-electron chi connectivity index (χ0n) is 17.7. The third kappa shape index (κ3) is 6.54. The summed E-state index contributed by atoms with van der Waals surface area (Å²) in [6, 6.07) is 17.7. The molecule has 30 heavy (non-hydrogen) atoms. The van der Waals surface area contributed by atoms with Crippen molar-refractivity contribution in [2.45, 2.75) is 19.9 Å². The number of nitrogens with two attached hydrogens (primary N) is 1. The fourth-order valence-corrected chi connectivity index (χ4v) is 3.11. The Morgan fingerprint density at radius 1 is 1.13 bits per heavy atom. The minimum atomic E-state index is 0.428. The average molecular weight is 399 g/mol. The fraction of sp³-hybridized carbons (Fsp3) is 0.154. The second-order valence-electron chi connectivity index (χ2n) is 6.70. The first kappa shape index (κ1) is 22.8. The van der Waals surface area contributed by atoms with Crippen LogP contribution in [-0.4, -0.2) is 17.7 Å². The minimum absolute atomic E-state index is 0.428. The molecule has 4 N–H and O–H groups in total. The van der Waals surface area contributed by atoms with Crippen molar-refractivity contribution in [3.63, 3.8) is 0 Å². The van der Waals surface area contributed by atoms with Gasteiger partial charge in [-0.05, 0) is 53.9 Å². The van der Waals surface area contributed by atoms with Crippen molar-refractivity contribution in [3.8, 4) is 0 Å². The van der Waals surface area contributed by atoms with Crippen LogP contribution in [0, 0.1) is 5.41 Å². The van der Waals surface area contributed by atoms with E-state index in [0.29, 0.717) is 11.4 Å². The maximum atomic E-state index is 8.33. The van der Waals surface area contributed by atoms with E-state index in [1.54, 1.807) is 12.3 Å². The monoisotopic (exact) mass is 398 g/mol. The highest BCUT2D eigenvalue weighted by Crippen LogP contribution is 2.24. The van der Waals surface area contributed by atoms with Crippen LogP contribution in [0.5, 0.6) is 0 Å². The summed E-state index contributed by atoms with van der Waals surface area (Å²) in [6.07, 6.45) is 10.0. The number of aromatic nitrogens is 1. The Bertz CT molecular complexity index is 977. The topological polar surface area (TPSA) is 74.8 Å². The predicted molar refractivity (Wildman–Crippen MR) is 130 cm³/mol. The molecular weight excluding hydrogens is 368 g/mol. The lowest BCUT2D eigenvalue weighted by atomic mass is 9.93. The van der Waals surface area contributed by atoms with Crippen molar-refractivity contribution >= 4 is 23.6 Å². The first-order valence-corrected chi connectivity index (χ1v) is 10.00. The summed E-state index contributed by atoms with van der Waals surface area (Å²) >= 11 is 0. The number of nitrogen functional groups attached to an aromatic ring is 1. The standard InChI is InChI=1S/C19H20N2.C7H10N2/c1-3-15-11-13-18(21)19(16(15)4-2)17(20)12-10-14-8-6-5-7-9-14;1-8-5-7-3-2-4-9-6-7/h3,5-13,20H,1,4,21H2,2H3;2-4,6,8H,5H2,1H3/b12-10+,20-17?;. The molecule has 154 valence electrons. The van der Waals surface area contributed by atoms with E-state index in [4.69, 9.17) is 11.1 Å². The number of nitrogens with zero attached hydrogens (tertiary/aromatic N) is 1. The lowest BCUT2D eigenvalue weighted by Gasteiger charge is -2.13. The molecular formula is C26H30N4. The molecule has 0 aliphatic heterocycles. The number of hydrogen-bond acceptors (Lipinski definition) is 4. The second-order valence-corrected chi connectivity index (χ2v) is 6.70.